The molecular weight excluding hydrogens is 436 g/mol. The third-order valence-electron chi connectivity index (χ3n) is 7.23. The van der Waals surface area contributed by atoms with Crippen LogP contribution in [-0.2, 0) is 0 Å². The summed E-state index contributed by atoms with van der Waals surface area (Å²) < 4.78 is 0. The van der Waals surface area contributed by atoms with E-state index >= 15 is 0 Å². The van der Waals surface area contributed by atoms with Crippen LogP contribution in [0, 0.1) is 0 Å². The Kier molecular flexibility index (Phi) is 5.68. The first-order valence-corrected chi connectivity index (χ1v) is 12.5. The molecule has 0 saturated carbocycles. The fourth-order valence-corrected chi connectivity index (χ4v) is 5.74. The topological polar surface area (TPSA) is 15.6 Å². The zero-order chi connectivity index (χ0) is 22.9. The minimum atomic E-state index is 0.395. The molecular formula is C31H27ClN2. The first-order valence-electron chi connectivity index (χ1n) is 12.1. The lowest BCUT2D eigenvalue weighted by molar-refractivity contribution is 0.571. The standard InChI is InChI=1S/C31H27ClN2/c32-25-13-11-22(12-14-25)21-33-26-19-29-27(23-7-3-1-4-8-23)15-17-34-18-16-28(30(20-26)31(29)34)24-9-5-2-6-10-24/h1-14,19-21,27-28H,15-18H2/t27-,28+. The number of benzene rings is 4. The molecule has 3 heteroatoms. The molecule has 0 aliphatic carbocycles. The average molecular weight is 463 g/mol. The van der Waals surface area contributed by atoms with Gasteiger partial charge in [-0.15, -0.1) is 0 Å². The summed E-state index contributed by atoms with van der Waals surface area (Å²) in [6, 6.07) is 34.4. The number of hydrogen-bond acceptors (Lipinski definition) is 2. The molecule has 6 rings (SSSR count). The van der Waals surface area contributed by atoms with E-state index in [1.807, 2.05) is 30.5 Å². The Labute approximate surface area is 206 Å². The highest BCUT2D eigenvalue weighted by molar-refractivity contribution is 6.30. The largest absolute Gasteiger partial charge is 0.371 e. The van der Waals surface area contributed by atoms with Crippen LogP contribution in [0.5, 0.6) is 0 Å². The summed E-state index contributed by atoms with van der Waals surface area (Å²) in [5, 5.41) is 0.742. The summed E-state index contributed by atoms with van der Waals surface area (Å²) in [7, 11) is 0. The monoisotopic (exact) mass is 462 g/mol. The SMILES string of the molecule is Clc1ccc(C=Nc2cc3c4c(c2)[C@H](c2ccccc2)CCN4CC[C@@H]3c2ccccc2)cc1. The highest BCUT2D eigenvalue weighted by Gasteiger charge is 2.34. The fourth-order valence-electron chi connectivity index (χ4n) is 5.61. The van der Waals surface area contributed by atoms with Gasteiger partial charge in [0.05, 0.1) is 5.69 Å². The summed E-state index contributed by atoms with van der Waals surface area (Å²) in [5.41, 5.74) is 9.13. The molecule has 34 heavy (non-hydrogen) atoms. The van der Waals surface area contributed by atoms with Crippen molar-refractivity contribution < 1.29 is 0 Å². The molecule has 0 unspecified atom stereocenters. The van der Waals surface area contributed by atoms with Gasteiger partial charge in [-0.2, -0.15) is 0 Å². The molecule has 2 atom stereocenters. The van der Waals surface area contributed by atoms with Crippen LogP contribution in [0.1, 0.15) is 52.5 Å². The minimum Gasteiger partial charge on any atom is -0.371 e. The number of anilines is 1. The summed E-state index contributed by atoms with van der Waals surface area (Å²) in [6.07, 6.45) is 4.22. The summed E-state index contributed by atoms with van der Waals surface area (Å²) in [6.45, 7) is 2.21. The number of aliphatic imine (C=N–C) groups is 1. The van der Waals surface area contributed by atoms with Crippen molar-refractivity contribution in [1.29, 1.82) is 0 Å². The third kappa shape index (κ3) is 4.03. The van der Waals surface area contributed by atoms with Gasteiger partial charge >= 0.3 is 0 Å². The van der Waals surface area contributed by atoms with Crippen LogP contribution in [0.25, 0.3) is 0 Å². The van der Waals surface area contributed by atoms with Gasteiger partial charge in [0.15, 0.2) is 0 Å². The quantitative estimate of drug-likeness (QED) is 0.281. The third-order valence-corrected chi connectivity index (χ3v) is 7.48. The zero-order valence-electron chi connectivity index (χ0n) is 19.1. The van der Waals surface area contributed by atoms with E-state index in [9.17, 15) is 0 Å². The second kappa shape index (κ2) is 9.12. The normalized spacial score (nSPS) is 19.3. The van der Waals surface area contributed by atoms with E-state index in [-0.39, 0.29) is 0 Å². The molecule has 4 aromatic rings. The van der Waals surface area contributed by atoms with Crippen molar-refractivity contribution in [3.05, 3.63) is 130 Å². The van der Waals surface area contributed by atoms with Crippen LogP contribution < -0.4 is 4.90 Å². The first kappa shape index (κ1) is 21.2. The minimum absolute atomic E-state index is 0.395. The molecule has 2 heterocycles. The molecule has 0 amide bonds. The Morgan fingerprint density at radius 2 is 1.24 bits per heavy atom. The van der Waals surface area contributed by atoms with Crippen molar-refractivity contribution in [2.75, 3.05) is 18.0 Å². The fraction of sp³-hybridized carbons (Fsp3) is 0.194. The summed E-state index contributed by atoms with van der Waals surface area (Å²) in [5.74, 6) is 0.790. The zero-order valence-corrected chi connectivity index (χ0v) is 19.8. The second-order valence-corrected chi connectivity index (χ2v) is 9.71. The maximum absolute atomic E-state index is 6.07. The van der Waals surface area contributed by atoms with E-state index in [1.54, 1.807) is 0 Å². The van der Waals surface area contributed by atoms with Crippen molar-refractivity contribution in [3.63, 3.8) is 0 Å². The first-order chi connectivity index (χ1) is 16.8. The second-order valence-electron chi connectivity index (χ2n) is 9.27. The predicted octanol–water partition coefficient (Wildman–Crippen LogP) is 7.97. The average Bonchev–Trinajstić information content (AvgIpc) is 2.90. The summed E-state index contributed by atoms with van der Waals surface area (Å²) >= 11 is 6.07. The molecule has 4 aromatic carbocycles. The van der Waals surface area contributed by atoms with Crippen molar-refractivity contribution in [3.8, 4) is 0 Å². The number of nitrogens with zero attached hydrogens (tertiary/aromatic N) is 2. The van der Waals surface area contributed by atoms with Gasteiger partial charge < -0.3 is 4.90 Å². The molecule has 2 aliphatic rings. The van der Waals surface area contributed by atoms with Crippen molar-refractivity contribution >= 4 is 29.2 Å². The van der Waals surface area contributed by atoms with Crippen LogP contribution in [0.2, 0.25) is 5.02 Å². The number of rotatable bonds is 4. The predicted molar refractivity (Wildman–Crippen MR) is 143 cm³/mol. The Hall–Kier alpha value is -3.36. The Morgan fingerprint density at radius 1 is 0.706 bits per heavy atom. The Morgan fingerprint density at radius 3 is 1.76 bits per heavy atom. The van der Waals surface area contributed by atoms with Gasteiger partial charge in [0.1, 0.15) is 0 Å². The molecule has 0 saturated heterocycles. The van der Waals surface area contributed by atoms with Gasteiger partial charge in [0, 0.05) is 41.8 Å². The molecule has 0 fully saturated rings. The van der Waals surface area contributed by atoms with Gasteiger partial charge in [-0.3, -0.25) is 4.99 Å². The molecule has 0 radical (unpaired) electrons. The Bertz CT molecular complexity index is 1240. The molecule has 0 bridgehead atoms. The van der Waals surface area contributed by atoms with Crippen molar-refractivity contribution in [1.82, 2.24) is 0 Å². The smallest absolute Gasteiger partial charge is 0.0637 e. The maximum Gasteiger partial charge on any atom is 0.0637 e. The van der Waals surface area contributed by atoms with Gasteiger partial charge in [0.25, 0.3) is 0 Å². The van der Waals surface area contributed by atoms with Gasteiger partial charge in [-0.25, -0.2) is 0 Å². The molecule has 0 spiro atoms. The van der Waals surface area contributed by atoms with Crippen molar-refractivity contribution in [2.45, 2.75) is 24.7 Å². The highest BCUT2D eigenvalue weighted by Crippen LogP contribution is 2.49. The van der Waals surface area contributed by atoms with Crippen LogP contribution in [-0.4, -0.2) is 19.3 Å². The van der Waals surface area contributed by atoms with E-state index in [0.29, 0.717) is 11.8 Å². The highest BCUT2D eigenvalue weighted by atomic mass is 35.5. The van der Waals surface area contributed by atoms with Crippen molar-refractivity contribution in [2.24, 2.45) is 4.99 Å². The van der Waals surface area contributed by atoms with Gasteiger partial charge in [-0.1, -0.05) is 84.4 Å². The maximum atomic E-state index is 6.07. The van der Waals surface area contributed by atoms with E-state index in [0.717, 1.165) is 42.2 Å². The lowest BCUT2D eigenvalue weighted by atomic mass is 9.76. The van der Waals surface area contributed by atoms with E-state index in [4.69, 9.17) is 16.6 Å². The molecule has 0 N–H and O–H groups in total. The lowest BCUT2D eigenvalue weighted by Gasteiger charge is -2.43. The number of halogens is 1. The van der Waals surface area contributed by atoms with Crippen LogP contribution >= 0.6 is 11.6 Å². The summed E-state index contributed by atoms with van der Waals surface area (Å²) in [4.78, 5) is 7.55. The van der Waals surface area contributed by atoms with E-state index in [1.165, 1.54) is 27.9 Å². The molecule has 2 nitrogen and oxygen atoms in total. The van der Waals surface area contributed by atoms with Gasteiger partial charge in [0.2, 0.25) is 0 Å². The van der Waals surface area contributed by atoms with Crippen LogP contribution in [0.3, 0.4) is 0 Å². The number of hydrogen-bond donors (Lipinski definition) is 0. The van der Waals surface area contributed by atoms with E-state index < -0.39 is 0 Å². The van der Waals surface area contributed by atoms with Crippen LogP contribution in [0.4, 0.5) is 11.4 Å². The van der Waals surface area contributed by atoms with Crippen LogP contribution in [0.15, 0.2) is 102 Å². The molecule has 2 aliphatic heterocycles. The van der Waals surface area contributed by atoms with E-state index in [2.05, 4.69) is 77.7 Å². The lowest BCUT2D eigenvalue weighted by Crippen LogP contribution is -2.37. The molecule has 0 aromatic heterocycles. The molecule has 168 valence electrons. The Balaban J connectivity index is 1.49. The van der Waals surface area contributed by atoms with Gasteiger partial charge in [-0.05, 0) is 64.9 Å².